The Morgan fingerprint density at radius 1 is 1.36 bits per heavy atom. The topological polar surface area (TPSA) is 70.2 Å². The average molecular weight is 331 g/mol. The molecule has 0 aromatic carbocycles. The molecule has 1 spiro atoms. The van der Waals surface area contributed by atoms with Crippen molar-refractivity contribution in [3.63, 3.8) is 0 Å². The first-order chi connectivity index (χ1) is 10.3. The molecule has 0 saturated carbocycles. The number of amides is 1. The molecule has 22 heavy (non-hydrogen) atoms. The Morgan fingerprint density at radius 2 is 2.09 bits per heavy atom. The molecule has 1 atom stereocenters. The lowest BCUT2D eigenvalue weighted by atomic mass is 9.84. The van der Waals surface area contributed by atoms with Crippen LogP contribution in [0.1, 0.15) is 25.7 Å². The van der Waals surface area contributed by atoms with Gasteiger partial charge in [0.1, 0.15) is 0 Å². The maximum absolute atomic E-state index is 12.0. The fourth-order valence-corrected chi connectivity index (χ4v) is 4.77. The van der Waals surface area contributed by atoms with Crippen molar-refractivity contribution in [1.82, 2.24) is 13.5 Å². The summed E-state index contributed by atoms with van der Waals surface area (Å²) in [5.74, 6) is 0.638. The van der Waals surface area contributed by atoms with Crippen LogP contribution >= 0.6 is 0 Å². The van der Waals surface area contributed by atoms with Crippen molar-refractivity contribution >= 4 is 16.1 Å². The van der Waals surface area contributed by atoms with Crippen LogP contribution in [0.3, 0.4) is 0 Å². The van der Waals surface area contributed by atoms with Gasteiger partial charge in [-0.3, -0.25) is 4.79 Å². The van der Waals surface area contributed by atoms with E-state index in [1.54, 1.807) is 14.1 Å². The molecule has 126 valence electrons. The predicted molar refractivity (Wildman–Crippen MR) is 81.4 cm³/mol. The van der Waals surface area contributed by atoms with Crippen LogP contribution in [0.4, 0.5) is 0 Å². The minimum atomic E-state index is -3.32. The van der Waals surface area contributed by atoms with Gasteiger partial charge >= 0.3 is 0 Å². The zero-order valence-electron chi connectivity index (χ0n) is 13.3. The zero-order chi connectivity index (χ0) is 16.0. The summed E-state index contributed by atoms with van der Waals surface area (Å²) in [6.07, 6.45) is 3.52. The number of hydrogen-bond acceptors (Lipinski definition) is 4. The zero-order valence-corrected chi connectivity index (χ0v) is 14.1. The van der Waals surface area contributed by atoms with Crippen LogP contribution in [0.25, 0.3) is 0 Å². The summed E-state index contributed by atoms with van der Waals surface area (Å²) >= 11 is 0. The summed E-state index contributed by atoms with van der Waals surface area (Å²) < 4.78 is 32.8. The third-order valence-electron chi connectivity index (χ3n) is 5.00. The Kier molecular flexibility index (Phi) is 4.22. The van der Waals surface area contributed by atoms with E-state index in [1.165, 1.54) is 8.61 Å². The van der Waals surface area contributed by atoms with Gasteiger partial charge in [-0.1, -0.05) is 0 Å². The van der Waals surface area contributed by atoms with Crippen LogP contribution in [-0.4, -0.2) is 80.3 Å². The van der Waals surface area contributed by atoms with E-state index in [4.69, 9.17) is 4.74 Å². The summed E-state index contributed by atoms with van der Waals surface area (Å²) in [4.78, 5) is 13.6. The molecule has 0 radical (unpaired) electrons. The minimum absolute atomic E-state index is 0.257. The van der Waals surface area contributed by atoms with Gasteiger partial charge in [0.2, 0.25) is 5.91 Å². The number of carbonyl (C=O) groups excluding carboxylic acids is 1. The minimum Gasteiger partial charge on any atom is -0.372 e. The second kappa shape index (κ2) is 5.74. The molecule has 3 saturated heterocycles. The van der Waals surface area contributed by atoms with Crippen molar-refractivity contribution in [2.45, 2.75) is 31.3 Å². The third kappa shape index (κ3) is 2.89. The highest BCUT2D eigenvalue weighted by molar-refractivity contribution is 7.86. The molecule has 3 rings (SSSR count). The molecule has 0 aromatic heterocycles. The fraction of sp³-hybridized carbons (Fsp3) is 0.929. The van der Waals surface area contributed by atoms with E-state index in [-0.39, 0.29) is 11.5 Å². The fourth-order valence-electron chi connectivity index (χ4n) is 3.51. The molecule has 1 amide bonds. The quantitative estimate of drug-likeness (QED) is 0.721. The predicted octanol–water partition coefficient (Wildman–Crippen LogP) is -0.104. The van der Waals surface area contributed by atoms with Crippen molar-refractivity contribution in [1.29, 1.82) is 0 Å². The maximum Gasteiger partial charge on any atom is 0.281 e. The molecular formula is C14H25N3O4S. The van der Waals surface area contributed by atoms with E-state index in [1.807, 2.05) is 4.90 Å². The van der Waals surface area contributed by atoms with Crippen LogP contribution in [0, 0.1) is 5.92 Å². The number of likely N-dealkylation sites (tertiary alicyclic amines) is 1. The number of carbonyl (C=O) groups is 1. The molecule has 0 aliphatic carbocycles. The van der Waals surface area contributed by atoms with Crippen molar-refractivity contribution in [2.75, 3.05) is 46.9 Å². The highest BCUT2D eigenvalue weighted by atomic mass is 32.2. The van der Waals surface area contributed by atoms with Crippen LogP contribution < -0.4 is 0 Å². The van der Waals surface area contributed by atoms with Gasteiger partial charge in [0.05, 0.1) is 12.2 Å². The molecule has 3 heterocycles. The highest BCUT2D eigenvalue weighted by Crippen LogP contribution is 2.38. The Balaban J connectivity index is 1.48. The molecule has 0 unspecified atom stereocenters. The van der Waals surface area contributed by atoms with Crippen molar-refractivity contribution in [3.05, 3.63) is 0 Å². The standard InChI is InChI=1S/C14H25N3O4S/c1-15(2)22(19,20)17-10-14(11-17)6-5-12(9-21-14)8-16-7-3-4-13(16)18/h12H,3-11H2,1-2H3/t12-/m1/s1. The van der Waals surface area contributed by atoms with Crippen LogP contribution in [0.2, 0.25) is 0 Å². The van der Waals surface area contributed by atoms with Crippen LogP contribution in [0.15, 0.2) is 0 Å². The monoisotopic (exact) mass is 331 g/mol. The van der Waals surface area contributed by atoms with Crippen molar-refractivity contribution < 1.29 is 17.9 Å². The Hall–Kier alpha value is -0.700. The van der Waals surface area contributed by atoms with E-state index in [0.717, 1.165) is 32.4 Å². The lowest BCUT2D eigenvalue weighted by molar-refractivity contribution is -0.161. The smallest absolute Gasteiger partial charge is 0.281 e. The van der Waals surface area contributed by atoms with Crippen LogP contribution in [0.5, 0.6) is 0 Å². The molecule has 3 aliphatic rings. The van der Waals surface area contributed by atoms with Gasteiger partial charge in [-0.25, -0.2) is 0 Å². The average Bonchev–Trinajstić information content (AvgIpc) is 2.82. The Morgan fingerprint density at radius 3 is 2.59 bits per heavy atom. The number of nitrogens with zero attached hydrogens (tertiary/aromatic N) is 3. The summed E-state index contributed by atoms with van der Waals surface area (Å²) in [6, 6.07) is 0. The number of rotatable bonds is 4. The molecule has 0 N–H and O–H groups in total. The molecule has 0 aromatic rings. The molecule has 3 fully saturated rings. The lowest BCUT2D eigenvalue weighted by Gasteiger charge is -2.52. The SMILES string of the molecule is CN(C)S(=O)(=O)N1CC2(CC[C@H](CN3CCCC3=O)CO2)C1. The first kappa shape index (κ1) is 16.2. The summed E-state index contributed by atoms with van der Waals surface area (Å²) in [5, 5.41) is 0. The molecular weight excluding hydrogens is 306 g/mol. The van der Waals surface area contributed by atoms with E-state index in [2.05, 4.69) is 0 Å². The first-order valence-corrected chi connectivity index (χ1v) is 9.31. The second-order valence-electron chi connectivity index (χ2n) is 6.90. The van der Waals surface area contributed by atoms with Crippen LogP contribution in [-0.2, 0) is 19.7 Å². The largest absolute Gasteiger partial charge is 0.372 e. The lowest BCUT2D eigenvalue weighted by Crippen LogP contribution is -2.67. The van der Waals surface area contributed by atoms with Crippen molar-refractivity contribution in [2.24, 2.45) is 5.92 Å². The summed E-state index contributed by atoms with van der Waals surface area (Å²) in [5.41, 5.74) is -0.297. The number of hydrogen-bond donors (Lipinski definition) is 0. The van der Waals surface area contributed by atoms with Gasteiger partial charge in [-0.15, -0.1) is 0 Å². The molecule has 8 heteroatoms. The van der Waals surface area contributed by atoms with Gasteiger partial charge in [-0.2, -0.15) is 17.0 Å². The molecule has 7 nitrogen and oxygen atoms in total. The summed E-state index contributed by atoms with van der Waals surface area (Å²) in [6.45, 7) is 3.18. The van der Waals surface area contributed by atoms with E-state index in [9.17, 15) is 13.2 Å². The normalized spacial score (nSPS) is 29.3. The first-order valence-electron chi connectivity index (χ1n) is 7.92. The van der Waals surface area contributed by atoms with Gasteiger partial charge in [0.25, 0.3) is 10.2 Å². The van der Waals surface area contributed by atoms with E-state index in [0.29, 0.717) is 32.0 Å². The third-order valence-corrected chi connectivity index (χ3v) is 6.83. The van der Waals surface area contributed by atoms with Crippen molar-refractivity contribution in [3.8, 4) is 0 Å². The highest BCUT2D eigenvalue weighted by Gasteiger charge is 2.51. The Labute approximate surface area is 132 Å². The second-order valence-corrected chi connectivity index (χ2v) is 9.04. The van der Waals surface area contributed by atoms with Gasteiger partial charge in [0, 0.05) is 52.6 Å². The van der Waals surface area contributed by atoms with Gasteiger partial charge < -0.3 is 9.64 Å². The van der Waals surface area contributed by atoms with E-state index < -0.39 is 10.2 Å². The molecule has 3 aliphatic heterocycles. The maximum atomic E-state index is 12.0. The summed E-state index contributed by atoms with van der Waals surface area (Å²) in [7, 11) is -0.228. The van der Waals surface area contributed by atoms with E-state index >= 15 is 0 Å². The van der Waals surface area contributed by atoms with Gasteiger partial charge in [-0.05, 0) is 19.3 Å². The Bertz CT molecular complexity index is 532. The number of ether oxygens (including phenoxy) is 1. The molecule has 0 bridgehead atoms. The van der Waals surface area contributed by atoms with Gasteiger partial charge in [0.15, 0.2) is 0 Å².